The summed E-state index contributed by atoms with van der Waals surface area (Å²) in [5.74, 6) is -10.4. The maximum atomic E-state index is 14.7. The number of amides is 11. The average molecular weight is 1350 g/mol. The van der Waals surface area contributed by atoms with Crippen LogP contribution in [0.15, 0.2) is 69.6 Å². The minimum Gasteiger partial charge on any atom is -0.508 e. The van der Waals surface area contributed by atoms with Gasteiger partial charge in [0.05, 0.1) is 19.1 Å². The molecule has 0 aromatic heterocycles. The van der Waals surface area contributed by atoms with E-state index in [1.54, 1.807) is 70.2 Å². The fraction of sp³-hybridized carbons (Fsp3) is 0.559. The summed E-state index contributed by atoms with van der Waals surface area (Å²) in [4.78, 5) is 165. The number of thiol groups is 2. The predicted octanol–water partition coefficient (Wildman–Crippen LogP) is -5.55. The Labute approximate surface area is 557 Å². The first kappa shape index (κ1) is 79.1. The van der Waals surface area contributed by atoms with Gasteiger partial charge in [-0.25, -0.2) is 0 Å². The van der Waals surface area contributed by atoms with Crippen molar-refractivity contribution in [3.05, 3.63) is 65.7 Å². The Hall–Kier alpha value is -9.12. The van der Waals surface area contributed by atoms with Gasteiger partial charge in [0.2, 0.25) is 65.0 Å². The lowest BCUT2D eigenvalue weighted by atomic mass is 9.96. The second-order valence-electron chi connectivity index (χ2n) is 23.1. The highest BCUT2D eigenvalue weighted by Crippen LogP contribution is 2.23. The van der Waals surface area contributed by atoms with Crippen molar-refractivity contribution in [1.29, 1.82) is 0 Å². The topological polar surface area (TPSA) is 565 Å². The van der Waals surface area contributed by atoms with E-state index in [0.29, 0.717) is 24.0 Å². The van der Waals surface area contributed by atoms with E-state index in [4.69, 9.17) is 45.9 Å². The summed E-state index contributed by atoms with van der Waals surface area (Å²) >= 11 is 8.76. The molecule has 11 amide bonds. The van der Waals surface area contributed by atoms with E-state index < -0.39 is 143 Å². The van der Waals surface area contributed by atoms with E-state index in [0.717, 1.165) is 0 Å². The van der Waals surface area contributed by atoms with Crippen molar-refractivity contribution in [3.63, 3.8) is 0 Å². The number of carbonyl (C=O) groups is 11. The Morgan fingerprint density at radius 3 is 1.59 bits per heavy atom. The molecular weight excluding hydrogens is 1260 g/mol. The fourth-order valence-electron chi connectivity index (χ4n) is 9.69. The Morgan fingerprint density at radius 2 is 1.07 bits per heavy atom. The van der Waals surface area contributed by atoms with Gasteiger partial charge in [-0.15, -0.1) is 0 Å². The molecular formula is C59H95N21O12S2. The standard InChI is InChI=1S/C59H95N21O12S2/c1-5-32(2)45(54(91)76-39(17-11-25-70-58(66)67)55(92)80-26-12-18-42(80)53(90)79-46(47(61)84)59(3,4)94)78-50(87)38(16-10-24-69-57(64)65)74-49(86)37(15-9-23-68-56(62)63)75-52(89)41(31-93)77-51(88)40(28-33-13-7-6-8-14-33)73-44(83)30-71-43(82)29-72-48(85)36(60)27-34-19-21-35(81)22-20-34/h6-8,13-14,19-22,32,36-42,45-46,81,93-94H,5,9-12,15-18,23-31,60H2,1-4H3,(H2,61,84)(H,71,82)(H,72,85)(H,73,83)(H,74,86)(H,75,89)(H,76,91)(H,77,88)(H,78,87)(H,79,90)(H4,62,63,68)(H4,64,65,69)(H4,66,67,70)/t32-,36-,37-,38-,39-,40-,41-,42-,45-,46-/m0/s1. The number of carbonyl (C=O) groups excluding carboxylic acids is 11. The van der Waals surface area contributed by atoms with Gasteiger partial charge in [0.25, 0.3) is 0 Å². The monoisotopic (exact) mass is 1350 g/mol. The van der Waals surface area contributed by atoms with Crippen LogP contribution in [0.5, 0.6) is 5.75 Å². The second-order valence-corrected chi connectivity index (χ2v) is 24.6. The molecule has 3 rings (SSSR count). The molecule has 1 fully saturated rings. The van der Waals surface area contributed by atoms with E-state index in [-0.39, 0.29) is 113 Å². The first-order valence-electron chi connectivity index (χ1n) is 30.7. The Bertz CT molecular complexity index is 2980. The summed E-state index contributed by atoms with van der Waals surface area (Å²) in [6.45, 7) is 5.59. The van der Waals surface area contributed by atoms with Crippen molar-refractivity contribution in [3.8, 4) is 5.75 Å². The van der Waals surface area contributed by atoms with Crippen LogP contribution in [0.4, 0.5) is 0 Å². The van der Waals surface area contributed by atoms with Crippen LogP contribution in [-0.2, 0) is 65.6 Å². The van der Waals surface area contributed by atoms with Gasteiger partial charge in [0, 0.05) is 43.1 Å². The van der Waals surface area contributed by atoms with Gasteiger partial charge in [-0.05, 0) is 101 Å². The molecule has 0 bridgehead atoms. The average Bonchev–Trinajstić information content (AvgIpc) is 1.59. The van der Waals surface area contributed by atoms with Gasteiger partial charge in [0.15, 0.2) is 17.9 Å². The molecule has 0 spiro atoms. The van der Waals surface area contributed by atoms with E-state index in [1.807, 2.05) is 0 Å². The minimum atomic E-state index is -1.47. The number of aromatic hydroxyl groups is 1. The third kappa shape index (κ3) is 28.4. The minimum absolute atomic E-state index is 0.00577. The molecule has 0 aliphatic carbocycles. The summed E-state index contributed by atoms with van der Waals surface area (Å²) in [5.41, 5.74) is 46.3. The van der Waals surface area contributed by atoms with Crippen LogP contribution in [0.25, 0.3) is 0 Å². The molecule has 2 aromatic carbocycles. The summed E-state index contributed by atoms with van der Waals surface area (Å²) in [7, 11) is 0. The van der Waals surface area contributed by atoms with Crippen LogP contribution in [0, 0.1) is 5.92 Å². The third-order valence-corrected chi connectivity index (χ3v) is 15.6. The highest BCUT2D eigenvalue weighted by atomic mass is 32.1. The van der Waals surface area contributed by atoms with Crippen LogP contribution in [0.3, 0.4) is 0 Å². The Kier molecular flexibility index (Phi) is 33.7. The van der Waals surface area contributed by atoms with Gasteiger partial charge in [-0.3, -0.25) is 67.7 Å². The zero-order valence-corrected chi connectivity index (χ0v) is 55.2. The molecule has 0 saturated carbocycles. The van der Waals surface area contributed by atoms with Crippen molar-refractivity contribution in [2.45, 2.75) is 157 Å². The molecule has 35 heteroatoms. The molecule has 10 atom stereocenters. The third-order valence-electron chi connectivity index (χ3n) is 15.0. The van der Waals surface area contributed by atoms with Crippen LogP contribution in [0.1, 0.15) is 96.6 Å². The van der Waals surface area contributed by atoms with Gasteiger partial charge in [-0.2, -0.15) is 25.3 Å². The Morgan fingerprint density at radius 1 is 0.596 bits per heavy atom. The molecule has 1 aliphatic heterocycles. The number of primary amides is 1. The van der Waals surface area contributed by atoms with Crippen molar-refractivity contribution in [2.75, 3.05) is 45.0 Å². The maximum Gasteiger partial charge on any atom is 0.245 e. The van der Waals surface area contributed by atoms with Gasteiger partial charge in [0.1, 0.15) is 54.1 Å². The summed E-state index contributed by atoms with van der Waals surface area (Å²) in [6.07, 6.45) is 0.995. The summed E-state index contributed by atoms with van der Waals surface area (Å²) in [5, 5.41) is 32.9. The number of phenolic OH excluding ortho intramolecular Hbond substituents is 1. The summed E-state index contributed by atoms with van der Waals surface area (Å²) < 4.78 is -1.07. The van der Waals surface area contributed by atoms with Gasteiger partial charge in [-0.1, -0.05) is 62.7 Å². The molecule has 520 valence electrons. The molecule has 1 saturated heterocycles. The number of benzene rings is 2. The lowest BCUT2D eigenvalue weighted by Crippen LogP contribution is -2.61. The molecule has 26 N–H and O–H groups in total. The molecule has 1 heterocycles. The molecule has 94 heavy (non-hydrogen) atoms. The SMILES string of the molecule is CC[C@H](C)[C@H](NC(=O)[C@H](CCCN=C(N)N)NC(=O)[C@H](CCCN=C(N)N)NC(=O)[C@H](CS)NC(=O)[C@H](Cc1ccccc1)NC(=O)CNC(=O)CNC(=O)[C@@H](N)Cc1ccc(O)cc1)C(=O)N[C@@H](CCCN=C(N)N)C(=O)N1CCC[C@H]1C(=O)N[C@@H](C(N)=O)C(C)(C)S. The zero-order chi connectivity index (χ0) is 70.2. The van der Waals surface area contributed by atoms with Crippen molar-refractivity contribution >= 4 is 108 Å². The quantitative estimate of drug-likeness (QED) is 0.0128. The molecule has 0 unspecified atom stereocenters. The van der Waals surface area contributed by atoms with E-state index in [2.05, 4.69) is 88.1 Å². The smallest absolute Gasteiger partial charge is 0.245 e. The van der Waals surface area contributed by atoms with Gasteiger partial charge >= 0.3 is 0 Å². The maximum absolute atomic E-state index is 14.7. The number of hydrogen-bond donors (Lipinski definition) is 20. The first-order chi connectivity index (χ1) is 44.3. The summed E-state index contributed by atoms with van der Waals surface area (Å²) in [6, 6.07) is 2.90. The highest BCUT2D eigenvalue weighted by molar-refractivity contribution is 7.81. The second kappa shape index (κ2) is 40.1. The lowest BCUT2D eigenvalue weighted by molar-refractivity contribution is -0.143. The van der Waals surface area contributed by atoms with E-state index in [9.17, 15) is 57.8 Å². The van der Waals surface area contributed by atoms with Crippen LogP contribution >= 0.6 is 25.3 Å². The molecule has 0 radical (unpaired) electrons. The molecule has 2 aromatic rings. The number of nitrogens with zero attached hydrogens (tertiary/aromatic N) is 4. The highest BCUT2D eigenvalue weighted by Gasteiger charge is 2.42. The normalized spacial score (nSPS) is 15.6. The number of hydrogen-bond acceptors (Lipinski definition) is 18. The van der Waals surface area contributed by atoms with E-state index >= 15 is 0 Å². The van der Waals surface area contributed by atoms with Crippen LogP contribution in [-0.4, -0.2) is 197 Å². The predicted molar refractivity (Wildman–Crippen MR) is 360 cm³/mol. The number of nitrogens with one attached hydrogen (secondary N) is 9. The molecule has 33 nitrogen and oxygen atoms in total. The van der Waals surface area contributed by atoms with Crippen molar-refractivity contribution < 1.29 is 57.8 Å². The number of likely N-dealkylation sites (tertiary alicyclic amines) is 1. The van der Waals surface area contributed by atoms with Crippen LogP contribution < -0.4 is 93.7 Å². The van der Waals surface area contributed by atoms with E-state index in [1.165, 1.54) is 17.0 Å². The number of nitrogens with two attached hydrogens (primary N) is 8. The number of rotatable bonds is 40. The lowest BCUT2D eigenvalue weighted by Gasteiger charge is -2.33. The number of guanidine groups is 3. The first-order valence-corrected chi connectivity index (χ1v) is 31.8. The van der Waals surface area contributed by atoms with Crippen LogP contribution in [0.2, 0.25) is 0 Å². The Balaban J connectivity index is 1.88. The molecule has 1 aliphatic rings. The van der Waals surface area contributed by atoms with Crippen molar-refractivity contribution in [2.24, 2.45) is 66.8 Å². The zero-order valence-electron chi connectivity index (χ0n) is 53.4. The number of aliphatic imine (C=N–C) groups is 3. The largest absolute Gasteiger partial charge is 0.508 e. The van der Waals surface area contributed by atoms with Gasteiger partial charge < -0.3 is 104 Å². The fourth-order valence-corrected chi connectivity index (χ4v) is 10.1. The number of phenols is 1. The van der Waals surface area contributed by atoms with Crippen molar-refractivity contribution in [1.82, 2.24) is 52.8 Å².